The van der Waals surface area contributed by atoms with E-state index >= 15 is 0 Å². The van der Waals surface area contributed by atoms with Crippen molar-refractivity contribution in [2.45, 2.75) is 64.8 Å². The van der Waals surface area contributed by atoms with Gasteiger partial charge < -0.3 is 5.73 Å². The summed E-state index contributed by atoms with van der Waals surface area (Å²) in [5.74, 6) is 0. The molecule has 0 radical (unpaired) electrons. The minimum absolute atomic E-state index is 0.0803. The Morgan fingerprint density at radius 3 is 2.58 bits per heavy atom. The van der Waals surface area contributed by atoms with E-state index in [9.17, 15) is 0 Å². The second-order valence-electron chi connectivity index (χ2n) is 6.92. The van der Waals surface area contributed by atoms with Crippen LogP contribution in [0.15, 0.2) is 4.47 Å². The number of aryl methyl sites for hydroxylation is 2. The summed E-state index contributed by atoms with van der Waals surface area (Å²) in [4.78, 5) is 0. The van der Waals surface area contributed by atoms with Crippen LogP contribution in [0.5, 0.6) is 0 Å². The number of rotatable bonds is 3. The largest absolute Gasteiger partial charge is 0.325 e. The fourth-order valence-electron chi connectivity index (χ4n) is 3.55. The molecule has 0 saturated heterocycles. The summed E-state index contributed by atoms with van der Waals surface area (Å²) in [6.45, 7) is 6.81. The monoisotopic (exact) mass is 327 g/mol. The van der Waals surface area contributed by atoms with E-state index < -0.39 is 0 Å². The minimum atomic E-state index is -0.0803. The number of halogens is 1. The molecule has 0 spiro atoms. The van der Waals surface area contributed by atoms with Crippen LogP contribution in [0, 0.1) is 5.41 Å². The van der Waals surface area contributed by atoms with Gasteiger partial charge in [-0.15, -0.1) is 0 Å². The topological polar surface area (TPSA) is 43.8 Å². The molecule has 1 unspecified atom stereocenters. The molecule has 1 aromatic rings. The lowest BCUT2D eigenvalue weighted by Crippen LogP contribution is -2.48. The van der Waals surface area contributed by atoms with E-state index in [0.29, 0.717) is 5.41 Å². The molecule has 1 aromatic heterocycles. The molecule has 0 amide bonds. The van der Waals surface area contributed by atoms with Crippen LogP contribution in [0.3, 0.4) is 0 Å². The Hall–Kier alpha value is -0.350. The van der Waals surface area contributed by atoms with Gasteiger partial charge in [0.05, 0.1) is 15.9 Å². The van der Waals surface area contributed by atoms with Crippen LogP contribution in [0.1, 0.15) is 57.8 Å². The predicted molar refractivity (Wildman–Crippen MR) is 83.2 cm³/mol. The number of nitrogens with zero attached hydrogens (tertiary/aromatic N) is 2. The summed E-state index contributed by atoms with van der Waals surface area (Å²) in [5.41, 5.74) is 9.36. The minimum Gasteiger partial charge on any atom is -0.325 e. The Kier molecular flexibility index (Phi) is 4.12. The van der Waals surface area contributed by atoms with Crippen molar-refractivity contribution in [3.63, 3.8) is 0 Å². The summed E-state index contributed by atoms with van der Waals surface area (Å²) >= 11 is 3.70. The van der Waals surface area contributed by atoms with Gasteiger partial charge in [0, 0.05) is 19.0 Å². The third-order valence-corrected chi connectivity index (χ3v) is 5.30. The van der Waals surface area contributed by atoms with E-state index in [1.54, 1.807) is 0 Å². The molecule has 1 aliphatic rings. The SMILES string of the molecule is CCc1nn(C)c(CC2(N)CCCC(C)(C)C2)c1Br. The van der Waals surface area contributed by atoms with Gasteiger partial charge in [-0.2, -0.15) is 5.10 Å². The highest BCUT2D eigenvalue weighted by Crippen LogP contribution is 2.41. The maximum atomic E-state index is 6.69. The lowest BCUT2D eigenvalue weighted by Gasteiger charge is -2.42. The maximum Gasteiger partial charge on any atom is 0.0766 e. The normalized spacial score (nSPS) is 26.6. The van der Waals surface area contributed by atoms with Crippen molar-refractivity contribution in [2.75, 3.05) is 0 Å². The molecule has 4 heteroatoms. The van der Waals surface area contributed by atoms with E-state index in [4.69, 9.17) is 5.73 Å². The Balaban J connectivity index is 2.23. The standard InChI is InChI=1S/C15H26BrN3/c1-5-11-13(16)12(19(4)18-11)9-15(17)8-6-7-14(2,3)10-15/h5-10,17H2,1-4H3. The molecular formula is C15H26BrN3. The summed E-state index contributed by atoms with van der Waals surface area (Å²) in [5, 5.41) is 4.58. The molecule has 1 aliphatic carbocycles. The average molecular weight is 328 g/mol. The van der Waals surface area contributed by atoms with Crippen LogP contribution in [0.4, 0.5) is 0 Å². The summed E-state index contributed by atoms with van der Waals surface area (Å²) in [7, 11) is 2.02. The first-order valence-corrected chi connectivity index (χ1v) is 8.05. The number of nitrogens with two attached hydrogens (primary N) is 1. The van der Waals surface area contributed by atoms with Crippen molar-refractivity contribution in [1.29, 1.82) is 0 Å². The van der Waals surface area contributed by atoms with Crippen molar-refractivity contribution < 1.29 is 0 Å². The maximum absolute atomic E-state index is 6.69. The van der Waals surface area contributed by atoms with Crippen molar-refractivity contribution in [3.05, 3.63) is 15.9 Å². The Morgan fingerprint density at radius 1 is 1.37 bits per heavy atom. The summed E-state index contributed by atoms with van der Waals surface area (Å²) < 4.78 is 3.16. The number of hydrogen-bond donors (Lipinski definition) is 1. The lowest BCUT2D eigenvalue weighted by molar-refractivity contribution is 0.149. The third-order valence-electron chi connectivity index (χ3n) is 4.38. The van der Waals surface area contributed by atoms with Crippen molar-refractivity contribution >= 4 is 15.9 Å². The van der Waals surface area contributed by atoms with Gasteiger partial charge in [-0.25, -0.2) is 0 Å². The van der Waals surface area contributed by atoms with Gasteiger partial charge in [0.2, 0.25) is 0 Å². The van der Waals surface area contributed by atoms with Crippen LogP contribution in [0.25, 0.3) is 0 Å². The Bertz CT molecular complexity index is 464. The van der Waals surface area contributed by atoms with E-state index in [2.05, 4.69) is 41.8 Å². The van der Waals surface area contributed by atoms with Crippen molar-refractivity contribution in [1.82, 2.24) is 9.78 Å². The zero-order valence-electron chi connectivity index (χ0n) is 12.6. The third kappa shape index (κ3) is 3.22. The fourth-order valence-corrected chi connectivity index (χ4v) is 4.30. The smallest absolute Gasteiger partial charge is 0.0766 e. The van der Waals surface area contributed by atoms with Gasteiger partial charge in [0.1, 0.15) is 0 Å². The van der Waals surface area contributed by atoms with Gasteiger partial charge in [-0.1, -0.05) is 27.2 Å². The Labute approximate surface area is 125 Å². The number of aromatic nitrogens is 2. The fraction of sp³-hybridized carbons (Fsp3) is 0.800. The highest BCUT2D eigenvalue weighted by molar-refractivity contribution is 9.10. The molecule has 0 aliphatic heterocycles. The zero-order valence-corrected chi connectivity index (χ0v) is 14.2. The molecule has 108 valence electrons. The number of hydrogen-bond acceptors (Lipinski definition) is 2. The van der Waals surface area contributed by atoms with E-state index in [1.807, 2.05) is 11.7 Å². The Morgan fingerprint density at radius 2 is 2.05 bits per heavy atom. The molecule has 0 bridgehead atoms. The lowest BCUT2D eigenvalue weighted by atomic mass is 9.67. The molecular weight excluding hydrogens is 302 g/mol. The zero-order chi connectivity index (χ0) is 14.3. The molecule has 0 aromatic carbocycles. The quantitative estimate of drug-likeness (QED) is 0.921. The first kappa shape index (κ1) is 15.0. The molecule has 1 saturated carbocycles. The summed E-state index contributed by atoms with van der Waals surface area (Å²) in [6.07, 6.45) is 6.62. The molecule has 2 N–H and O–H groups in total. The van der Waals surface area contributed by atoms with E-state index in [-0.39, 0.29) is 5.54 Å². The van der Waals surface area contributed by atoms with Crippen LogP contribution in [0.2, 0.25) is 0 Å². The van der Waals surface area contributed by atoms with Gasteiger partial charge in [-0.05, 0) is 47.0 Å². The predicted octanol–water partition coefficient (Wildman–Crippen LogP) is 3.59. The van der Waals surface area contributed by atoms with Gasteiger partial charge in [0.25, 0.3) is 0 Å². The molecule has 2 rings (SSSR count). The van der Waals surface area contributed by atoms with Crippen LogP contribution >= 0.6 is 15.9 Å². The highest BCUT2D eigenvalue weighted by atomic mass is 79.9. The molecule has 1 fully saturated rings. The van der Waals surface area contributed by atoms with Gasteiger partial charge in [0.15, 0.2) is 0 Å². The van der Waals surface area contributed by atoms with Gasteiger partial charge >= 0.3 is 0 Å². The van der Waals surface area contributed by atoms with Crippen molar-refractivity contribution in [2.24, 2.45) is 18.2 Å². The molecule has 3 nitrogen and oxygen atoms in total. The first-order chi connectivity index (χ1) is 8.76. The summed E-state index contributed by atoms with van der Waals surface area (Å²) in [6, 6.07) is 0. The van der Waals surface area contributed by atoms with Crippen LogP contribution < -0.4 is 5.73 Å². The van der Waals surface area contributed by atoms with E-state index in [0.717, 1.165) is 35.8 Å². The van der Waals surface area contributed by atoms with E-state index in [1.165, 1.54) is 18.5 Å². The first-order valence-electron chi connectivity index (χ1n) is 7.25. The molecule has 1 atom stereocenters. The van der Waals surface area contributed by atoms with Crippen LogP contribution in [-0.4, -0.2) is 15.3 Å². The van der Waals surface area contributed by atoms with Gasteiger partial charge in [-0.3, -0.25) is 4.68 Å². The second-order valence-corrected chi connectivity index (χ2v) is 7.71. The average Bonchev–Trinajstić information content (AvgIpc) is 2.54. The molecule has 1 heterocycles. The van der Waals surface area contributed by atoms with Crippen molar-refractivity contribution in [3.8, 4) is 0 Å². The van der Waals surface area contributed by atoms with Crippen LogP contribution in [-0.2, 0) is 19.9 Å². The molecule has 19 heavy (non-hydrogen) atoms. The second kappa shape index (κ2) is 5.21. The highest BCUT2D eigenvalue weighted by Gasteiger charge is 2.38.